The van der Waals surface area contributed by atoms with E-state index in [0.717, 1.165) is 27.6 Å². The lowest BCUT2D eigenvalue weighted by Gasteiger charge is -2.00. The van der Waals surface area contributed by atoms with Crippen molar-refractivity contribution < 1.29 is 9.52 Å². The van der Waals surface area contributed by atoms with Crippen LogP contribution >= 0.6 is 0 Å². The molecule has 0 amide bonds. The first-order chi connectivity index (χ1) is 12.2. The van der Waals surface area contributed by atoms with Gasteiger partial charge in [0.15, 0.2) is 5.69 Å². The number of benzene rings is 3. The molecule has 0 fully saturated rings. The Labute approximate surface area is 145 Å². The molecule has 4 nitrogen and oxygen atoms in total. The largest absolute Gasteiger partial charge is 0.479 e. The minimum absolute atomic E-state index is 0.236. The first-order valence-electron chi connectivity index (χ1n) is 8.00. The molecule has 4 rings (SSSR count). The van der Waals surface area contributed by atoms with Gasteiger partial charge in [-0.3, -0.25) is 0 Å². The van der Waals surface area contributed by atoms with E-state index in [2.05, 4.69) is 16.3 Å². The fourth-order valence-electron chi connectivity index (χ4n) is 2.71. The number of hydrogen-bond donors (Lipinski definition) is 1. The lowest BCUT2D eigenvalue weighted by Crippen LogP contribution is -1.75. The average Bonchev–Trinajstić information content (AvgIpc) is 3.01. The van der Waals surface area contributed by atoms with Crippen LogP contribution in [-0.4, -0.2) is 5.11 Å². The molecule has 0 aliphatic heterocycles. The summed E-state index contributed by atoms with van der Waals surface area (Å²) in [4.78, 5) is 0. The molecule has 1 aromatic heterocycles. The number of nitrogens with zero attached hydrogens (tertiary/aromatic N) is 2. The number of aromatic hydroxyl groups is 1. The fourth-order valence-corrected chi connectivity index (χ4v) is 2.71. The van der Waals surface area contributed by atoms with Crippen LogP contribution in [0.5, 0.6) is 5.95 Å². The number of hydrogen-bond acceptors (Lipinski definition) is 4. The zero-order valence-corrected chi connectivity index (χ0v) is 13.7. The Kier molecular flexibility index (Phi) is 3.78. The first kappa shape index (κ1) is 15.1. The summed E-state index contributed by atoms with van der Waals surface area (Å²) in [6, 6.07) is 23.5. The molecule has 0 saturated carbocycles. The van der Waals surface area contributed by atoms with Crippen molar-refractivity contribution in [2.45, 2.75) is 6.92 Å². The van der Waals surface area contributed by atoms with E-state index in [9.17, 15) is 5.11 Å². The first-order valence-corrected chi connectivity index (χ1v) is 8.00. The van der Waals surface area contributed by atoms with Gasteiger partial charge in [-0.25, -0.2) is 0 Å². The van der Waals surface area contributed by atoms with Crippen molar-refractivity contribution in [2.75, 3.05) is 0 Å². The van der Waals surface area contributed by atoms with E-state index in [1.54, 1.807) is 6.07 Å². The van der Waals surface area contributed by atoms with E-state index < -0.39 is 0 Å². The standard InChI is InChI=1S/C21H16N2O2/c1-14-6-2-5-9-18(14)22-23-19-13-20(25-21(19)24)17-11-10-15-7-3-4-8-16(15)12-17/h2-13,24H,1H3. The molecule has 4 aromatic rings. The molecule has 0 atom stereocenters. The average molecular weight is 328 g/mol. The third-order valence-corrected chi connectivity index (χ3v) is 4.11. The summed E-state index contributed by atoms with van der Waals surface area (Å²) in [5.41, 5.74) is 2.97. The predicted molar refractivity (Wildman–Crippen MR) is 98.7 cm³/mol. The number of furan rings is 1. The van der Waals surface area contributed by atoms with Crippen LogP contribution in [0.2, 0.25) is 0 Å². The van der Waals surface area contributed by atoms with Crippen molar-refractivity contribution in [3.8, 4) is 17.3 Å². The summed E-state index contributed by atoms with van der Waals surface area (Å²) in [5.74, 6) is 0.322. The normalized spacial score (nSPS) is 11.4. The smallest absolute Gasteiger partial charge is 0.311 e. The Morgan fingerprint density at radius 1 is 0.760 bits per heavy atom. The van der Waals surface area contributed by atoms with Crippen molar-refractivity contribution in [3.05, 3.63) is 78.4 Å². The highest BCUT2D eigenvalue weighted by Crippen LogP contribution is 2.37. The molecule has 0 saturated heterocycles. The summed E-state index contributed by atoms with van der Waals surface area (Å²) in [7, 11) is 0. The van der Waals surface area contributed by atoms with Crippen molar-refractivity contribution in [2.24, 2.45) is 10.2 Å². The molecule has 0 bridgehead atoms. The van der Waals surface area contributed by atoms with E-state index in [1.807, 2.05) is 67.6 Å². The lowest BCUT2D eigenvalue weighted by atomic mass is 10.1. The topological polar surface area (TPSA) is 58.1 Å². The Bertz CT molecular complexity index is 1080. The van der Waals surface area contributed by atoms with Crippen molar-refractivity contribution in [1.82, 2.24) is 0 Å². The Morgan fingerprint density at radius 2 is 1.48 bits per heavy atom. The second-order valence-electron chi connectivity index (χ2n) is 5.85. The summed E-state index contributed by atoms with van der Waals surface area (Å²) < 4.78 is 5.47. The molecule has 1 N–H and O–H groups in total. The lowest BCUT2D eigenvalue weighted by molar-refractivity contribution is 0.339. The highest BCUT2D eigenvalue weighted by molar-refractivity contribution is 5.86. The van der Waals surface area contributed by atoms with Crippen LogP contribution in [0.25, 0.3) is 22.1 Å². The second-order valence-corrected chi connectivity index (χ2v) is 5.85. The monoisotopic (exact) mass is 328 g/mol. The molecule has 0 spiro atoms. The molecule has 0 radical (unpaired) electrons. The van der Waals surface area contributed by atoms with Crippen molar-refractivity contribution >= 4 is 22.1 Å². The van der Waals surface area contributed by atoms with Crippen LogP contribution in [0.4, 0.5) is 11.4 Å². The van der Waals surface area contributed by atoms with Gasteiger partial charge in [0.25, 0.3) is 0 Å². The molecule has 122 valence electrons. The van der Waals surface area contributed by atoms with Gasteiger partial charge in [-0.05, 0) is 35.4 Å². The van der Waals surface area contributed by atoms with Crippen molar-refractivity contribution in [3.63, 3.8) is 0 Å². The molecule has 1 heterocycles. The number of rotatable bonds is 3. The van der Waals surface area contributed by atoms with Gasteiger partial charge < -0.3 is 9.52 Å². The highest BCUT2D eigenvalue weighted by Gasteiger charge is 2.12. The van der Waals surface area contributed by atoms with E-state index in [1.165, 1.54) is 0 Å². The second kappa shape index (κ2) is 6.24. The SMILES string of the molecule is Cc1ccccc1N=Nc1cc(-c2ccc3ccccc3c2)oc1O. The Morgan fingerprint density at radius 3 is 2.32 bits per heavy atom. The van der Waals surface area contributed by atoms with Gasteiger partial charge in [0.2, 0.25) is 0 Å². The number of aryl methyl sites for hydroxylation is 1. The molecule has 3 aromatic carbocycles. The van der Waals surface area contributed by atoms with Crippen LogP contribution in [0.15, 0.2) is 87.4 Å². The van der Waals surface area contributed by atoms with E-state index in [0.29, 0.717) is 11.4 Å². The van der Waals surface area contributed by atoms with Crippen LogP contribution in [-0.2, 0) is 0 Å². The third kappa shape index (κ3) is 3.02. The van der Waals surface area contributed by atoms with Gasteiger partial charge >= 0.3 is 5.95 Å². The van der Waals surface area contributed by atoms with Gasteiger partial charge in [-0.2, -0.15) is 5.11 Å². The maximum Gasteiger partial charge on any atom is 0.311 e. The maximum atomic E-state index is 10.0. The minimum Gasteiger partial charge on any atom is -0.479 e. The summed E-state index contributed by atoms with van der Waals surface area (Å²) in [6.45, 7) is 1.96. The van der Waals surface area contributed by atoms with Crippen LogP contribution < -0.4 is 0 Å². The van der Waals surface area contributed by atoms with E-state index in [4.69, 9.17) is 4.42 Å². The molecule has 0 aliphatic rings. The van der Waals surface area contributed by atoms with Gasteiger partial charge in [-0.1, -0.05) is 54.6 Å². The van der Waals surface area contributed by atoms with Gasteiger partial charge in [0, 0.05) is 11.6 Å². The molecule has 0 unspecified atom stereocenters. The fraction of sp³-hybridized carbons (Fsp3) is 0.0476. The maximum absolute atomic E-state index is 10.0. The van der Waals surface area contributed by atoms with Gasteiger partial charge in [0.1, 0.15) is 5.76 Å². The Balaban J connectivity index is 1.68. The molecule has 25 heavy (non-hydrogen) atoms. The molecule has 0 aliphatic carbocycles. The van der Waals surface area contributed by atoms with E-state index in [-0.39, 0.29) is 5.95 Å². The van der Waals surface area contributed by atoms with E-state index >= 15 is 0 Å². The highest BCUT2D eigenvalue weighted by atomic mass is 16.5. The van der Waals surface area contributed by atoms with Crippen LogP contribution in [0.1, 0.15) is 5.56 Å². The zero-order valence-electron chi connectivity index (χ0n) is 13.7. The van der Waals surface area contributed by atoms with Crippen molar-refractivity contribution in [1.29, 1.82) is 0 Å². The molecular weight excluding hydrogens is 312 g/mol. The third-order valence-electron chi connectivity index (χ3n) is 4.11. The summed E-state index contributed by atoms with van der Waals surface area (Å²) >= 11 is 0. The quantitative estimate of drug-likeness (QED) is 0.435. The zero-order chi connectivity index (χ0) is 17.2. The minimum atomic E-state index is -0.236. The van der Waals surface area contributed by atoms with Gasteiger partial charge in [-0.15, -0.1) is 5.11 Å². The number of fused-ring (bicyclic) bond motifs is 1. The molecule has 4 heteroatoms. The van der Waals surface area contributed by atoms with Crippen LogP contribution in [0.3, 0.4) is 0 Å². The summed E-state index contributed by atoms with van der Waals surface area (Å²) in [6.07, 6.45) is 0. The Hall–Kier alpha value is -3.40. The number of azo groups is 1. The predicted octanol–water partition coefficient (Wildman–Crippen LogP) is 6.53. The van der Waals surface area contributed by atoms with Crippen LogP contribution in [0, 0.1) is 6.92 Å². The summed E-state index contributed by atoms with van der Waals surface area (Å²) in [5, 5.41) is 20.6. The molecular formula is C21H16N2O2. The van der Waals surface area contributed by atoms with Gasteiger partial charge in [0.05, 0.1) is 5.69 Å².